The molecule has 2 aromatic rings. The van der Waals surface area contributed by atoms with E-state index < -0.39 is 0 Å². The number of hydrogen-bond acceptors (Lipinski definition) is 6. The first-order chi connectivity index (χ1) is 15.1. The molecule has 1 aromatic carbocycles. The predicted octanol–water partition coefficient (Wildman–Crippen LogP) is 3.08. The SMILES string of the molecule is COc1cc(CN2CCOC(CN(C(=O)c3cccnc3)C3CCCC3)C2)ccc1O. The van der Waals surface area contributed by atoms with Crippen LogP contribution in [0.5, 0.6) is 11.5 Å². The third-order valence-corrected chi connectivity index (χ3v) is 6.21. The van der Waals surface area contributed by atoms with E-state index in [9.17, 15) is 9.90 Å². The van der Waals surface area contributed by atoms with Crippen molar-refractivity contribution in [3.05, 3.63) is 53.9 Å². The first-order valence-corrected chi connectivity index (χ1v) is 11.0. The molecule has 0 bridgehead atoms. The van der Waals surface area contributed by atoms with Gasteiger partial charge in [0, 0.05) is 44.6 Å². The molecule has 1 aliphatic heterocycles. The maximum Gasteiger partial charge on any atom is 0.255 e. The van der Waals surface area contributed by atoms with Crippen LogP contribution in [0.1, 0.15) is 41.6 Å². The van der Waals surface area contributed by atoms with Crippen LogP contribution in [0, 0.1) is 0 Å². The molecule has 7 nitrogen and oxygen atoms in total. The molecule has 1 aromatic heterocycles. The number of aromatic hydroxyl groups is 1. The van der Waals surface area contributed by atoms with E-state index in [1.54, 1.807) is 25.6 Å². The van der Waals surface area contributed by atoms with Crippen molar-refractivity contribution < 1.29 is 19.4 Å². The van der Waals surface area contributed by atoms with Gasteiger partial charge in [-0.2, -0.15) is 0 Å². The average Bonchev–Trinajstić information content (AvgIpc) is 3.34. The van der Waals surface area contributed by atoms with E-state index in [1.165, 1.54) is 12.8 Å². The monoisotopic (exact) mass is 425 g/mol. The fraction of sp³-hybridized carbons (Fsp3) is 0.500. The maximum absolute atomic E-state index is 13.3. The summed E-state index contributed by atoms with van der Waals surface area (Å²) in [5.41, 5.74) is 1.72. The highest BCUT2D eigenvalue weighted by molar-refractivity contribution is 5.94. The molecule has 0 radical (unpaired) electrons. The normalized spacial score (nSPS) is 20.0. The summed E-state index contributed by atoms with van der Waals surface area (Å²) in [5.74, 6) is 0.674. The van der Waals surface area contributed by atoms with Crippen molar-refractivity contribution in [1.29, 1.82) is 0 Å². The Balaban J connectivity index is 1.43. The van der Waals surface area contributed by atoms with Crippen LogP contribution in [0.3, 0.4) is 0 Å². The molecule has 1 N–H and O–H groups in total. The van der Waals surface area contributed by atoms with Crippen molar-refractivity contribution in [3.63, 3.8) is 0 Å². The maximum atomic E-state index is 13.3. The summed E-state index contributed by atoms with van der Waals surface area (Å²) in [7, 11) is 1.56. The van der Waals surface area contributed by atoms with Crippen LogP contribution in [0.2, 0.25) is 0 Å². The van der Waals surface area contributed by atoms with E-state index in [0.29, 0.717) is 24.5 Å². The van der Waals surface area contributed by atoms with Gasteiger partial charge in [0.15, 0.2) is 11.5 Å². The zero-order valence-corrected chi connectivity index (χ0v) is 18.1. The van der Waals surface area contributed by atoms with E-state index in [1.807, 2.05) is 29.2 Å². The number of morpholine rings is 1. The number of amides is 1. The molecule has 31 heavy (non-hydrogen) atoms. The van der Waals surface area contributed by atoms with Crippen molar-refractivity contribution in [2.45, 2.75) is 44.4 Å². The minimum absolute atomic E-state index is 0.0333. The molecule has 4 rings (SSSR count). The second-order valence-corrected chi connectivity index (χ2v) is 8.37. The number of methoxy groups -OCH3 is 1. The van der Waals surface area contributed by atoms with E-state index in [0.717, 1.165) is 38.0 Å². The molecule has 1 saturated heterocycles. The Labute approximate surface area is 183 Å². The number of rotatable bonds is 7. The molecule has 2 heterocycles. The standard InChI is InChI=1S/C24H31N3O4/c1-30-23-13-18(8-9-22(23)28)15-26-11-12-31-21(16-26)17-27(20-6-2-3-7-20)24(29)19-5-4-10-25-14-19/h4-5,8-10,13-14,20-21,28H,2-3,6-7,11-12,15-17H2,1H3. The molecular weight excluding hydrogens is 394 g/mol. The number of hydrogen-bond donors (Lipinski definition) is 1. The highest BCUT2D eigenvalue weighted by Gasteiger charge is 2.31. The van der Waals surface area contributed by atoms with Gasteiger partial charge in [-0.3, -0.25) is 14.7 Å². The van der Waals surface area contributed by atoms with E-state index in [-0.39, 0.29) is 23.8 Å². The molecule has 2 aliphatic rings. The number of phenolic OH excluding ortho intramolecular Hbond substituents is 1. The van der Waals surface area contributed by atoms with Gasteiger partial charge in [0.2, 0.25) is 0 Å². The van der Waals surface area contributed by atoms with Crippen LogP contribution in [0.15, 0.2) is 42.7 Å². The first-order valence-electron chi connectivity index (χ1n) is 11.0. The van der Waals surface area contributed by atoms with E-state index in [2.05, 4.69) is 9.88 Å². The Kier molecular flexibility index (Phi) is 7.04. The fourth-order valence-electron chi connectivity index (χ4n) is 4.60. The molecular formula is C24H31N3O4. The van der Waals surface area contributed by atoms with Gasteiger partial charge in [0.05, 0.1) is 25.4 Å². The summed E-state index contributed by atoms with van der Waals surface area (Å²) in [6.45, 7) is 3.57. The third-order valence-electron chi connectivity index (χ3n) is 6.21. The zero-order chi connectivity index (χ0) is 21.6. The van der Waals surface area contributed by atoms with Crippen molar-refractivity contribution in [3.8, 4) is 11.5 Å². The van der Waals surface area contributed by atoms with Crippen molar-refractivity contribution in [2.24, 2.45) is 0 Å². The Morgan fingerprint density at radius 2 is 2.16 bits per heavy atom. The van der Waals surface area contributed by atoms with Gasteiger partial charge in [-0.15, -0.1) is 0 Å². The Bertz CT molecular complexity index is 870. The summed E-state index contributed by atoms with van der Waals surface area (Å²) in [5, 5.41) is 9.83. The summed E-state index contributed by atoms with van der Waals surface area (Å²) in [6.07, 6.45) is 7.75. The highest BCUT2D eigenvalue weighted by atomic mass is 16.5. The number of carbonyl (C=O) groups is 1. The molecule has 1 aliphatic carbocycles. The third kappa shape index (κ3) is 5.35. The van der Waals surface area contributed by atoms with Crippen LogP contribution < -0.4 is 4.74 Å². The van der Waals surface area contributed by atoms with Gasteiger partial charge >= 0.3 is 0 Å². The summed E-state index contributed by atoms with van der Waals surface area (Å²) in [4.78, 5) is 21.7. The van der Waals surface area contributed by atoms with Gasteiger partial charge in [-0.05, 0) is 42.7 Å². The number of ether oxygens (including phenoxy) is 2. The Hall–Kier alpha value is -2.64. The molecule has 1 saturated carbocycles. The minimum Gasteiger partial charge on any atom is -0.504 e. The summed E-state index contributed by atoms with van der Waals surface area (Å²) < 4.78 is 11.3. The van der Waals surface area contributed by atoms with Crippen molar-refractivity contribution in [1.82, 2.24) is 14.8 Å². The van der Waals surface area contributed by atoms with Crippen LogP contribution in [-0.2, 0) is 11.3 Å². The average molecular weight is 426 g/mol. The molecule has 166 valence electrons. The van der Waals surface area contributed by atoms with Gasteiger partial charge in [-0.1, -0.05) is 18.9 Å². The zero-order valence-electron chi connectivity index (χ0n) is 18.1. The van der Waals surface area contributed by atoms with Crippen LogP contribution in [-0.4, -0.2) is 71.3 Å². The molecule has 1 amide bonds. The van der Waals surface area contributed by atoms with E-state index in [4.69, 9.17) is 9.47 Å². The molecule has 2 fully saturated rings. The fourth-order valence-corrected chi connectivity index (χ4v) is 4.60. The first kappa shape index (κ1) is 21.6. The lowest BCUT2D eigenvalue weighted by atomic mass is 10.1. The van der Waals surface area contributed by atoms with Crippen LogP contribution in [0.4, 0.5) is 0 Å². The summed E-state index contributed by atoms with van der Waals surface area (Å²) in [6, 6.07) is 9.37. The smallest absolute Gasteiger partial charge is 0.255 e. The van der Waals surface area contributed by atoms with Crippen molar-refractivity contribution in [2.75, 3.05) is 33.4 Å². The lowest BCUT2D eigenvalue weighted by Crippen LogP contribution is -2.50. The molecule has 7 heteroatoms. The number of carbonyl (C=O) groups excluding carboxylic acids is 1. The quantitative estimate of drug-likeness (QED) is 0.735. The van der Waals surface area contributed by atoms with Gasteiger partial charge in [0.1, 0.15) is 0 Å². The topological polar surface area (TPSA) is 75.1 Å². The predicted molar refractivity (Wildman–Crippen MR) is 117 cm³/mol. The number of phenols is 1. The second kappa shape index (κ2) is 10.1. The van der Waals surface area contributed by atoms with E-state index >= 15 is 0 Å². The van der Waals surface area contributed by atoms with Gasteiger partial charge in [-0.25, -0.2) is 0 Å². The molecule has 0 spiro atoms. The van der Waals surface area contributed by atoms with Crippen molar-refractivity contribution >= 4 is 5.91 Å². The number of nitrogens with zero attached hydrogens (tertiary/aromatic N) is 3. The number of pyridine rings is 1. The lowest BCUT2D eigenvalue weighted by Gasteiger charge is -2.38. The summed E-state index contributed by atoms with van der Waals surface area (Å²) >= 11 is 0. The van der Waals surface area contributed by atoms with Crippen LogP contribution in [0.25, 0.3) is 0 Å². The molecule has 1 unspecified atom stereocenters. The molecule has 1 atom stereocenters. The number of benzene rings is 1. The lowest BCUT2D eigenvalue weighted by molar-refractivity contribution is -0.0468. The van der Waals surface area contributed by atoms with Gasteiger partial charge in [0.25, 0.3) is 5.91 Å². The van der Waals surface area contributed by atoms with Gasteiger partial charge < -0.3 is 19.5 Å². The van der Waals surface area contributed by atoms with Crippen LogP contribution >= 0.6 is 0 Å². The Morgan fingerprint density at radius 1 is 1.32 bits per heavy atom. The second-order valence-electron chi connectivity index (χ2n) is 8.37. The number of aromatic nitrogens is 1. The largest absolute Gasteiger partial charge is 0.504 e. The Morgan fingerprint density at radius 3 is 2.90 bits per heavy atom. The highest BCUT2D eigenvalue weighted by Crippen LogP contribution is 2.28. The minimum atomic E-state index is -0.0333.